The van der Waals surface area contributed by atoms with Gasteiger partial charge in [-0.2, -0.15) is 5.10 Å². The lowest BCUT2D eigenvalue weighted by molar-refractivity contribution is -0.384. The zero-order chi connectivity index (χ0) is 15.9. The molecule has 1 atom stereocenters. The third-order valence-corrected chi connectivity index (χ3v) is 3.13. The van der Waals surface area contributed by atoms with Crippen molar-refractivity contribution < 1.29 is 9.72 Å². The fourth-order valence-electron chi connectivity index (χ4n) is 1.85. The topological polar surface area (TPSA) is 84.6 Å². The summed E-state index contributed by atoms with van der Waals surface area (Å²) in [6.45, 7) is 1.97. The Balaban J connectivity index is 1.94. The number of nitro benzene ring substituents is 1. The highest BCUT2D eigenvalue weighted by Crippen LogP contribution is 2.13. The molecule has 0 radical (unpaired) electrons. The molecule has 6 nitrogen and oxygen atoms in total. The van der Waals surface area contributed by atoms with Gasteiger partial charge in [-0.1, -0.05) is 37.3 Å². The van der Waals surface area contributed by atoms with Gasteiger partial charge in [-0.15, -0.1) is 0 Å². The first-order valence-electron chi connectivity index (χ1n) is 6.71. The molecule has 0 saturated heterocycles. The molecule has 0 fully saturated rings. The van der Waals surface area contributed by atoms with Gasteiger partial charge in [0.15, 0.2) is 0 Å². The van der Waals surface area contributed by atoms with Crippen molar-refractivity contribution in [3.63, 3.8) is 0 Å². The van der Waals surface area contributed by atoms with Gasteiger partial charge in [-0.05, 0) is 17.7 Å². The highest BCUT2D eigenvalue weighted by Gasteiger charge is 2.08. The zero-order valence-electron chi connectivity index (χ0n) is 12.0. The average Bonchev–Trinajstić information content (AvgIpc) is 2.55. The van der Waals surface area contributed by atoms with Crippen molar-refractivity contribution in [3.8, 4) is 0 Å². The van der Waals surface area contributed by atoms with E-state index in [1.165, 1.54) is 24.3 Å². The van der Waals surface area contributed by atoms with Crippen LogP contribution in [-0.4, -0.2) is 17.0 Å². The summed E-state index contributed by atoms with van der Waals surface area (Å²) < 4.78 is 0. The normalized spacial score (nSPS) is 12.0. The predicted octanol–water partition coefficient (Wildman–Crippen LogP) is 3.11. The number of carbonyl (C=O) groups is 1. The molecule has 2 aromatic carbocycles. The molecule has 0 saturated carbocycles. The minimum atomic E-state index is -0.513. The van der Waals surface area contributed by atoms with Crippen molar-refractivity contribution in [1.82, 2.24) is 5.43 Å². The first-order valence-corrected chi connectivity index (χ1v) is 6.71. The number of benzene rings is 2. The summed E-state index contributed by atoms with van der Waals surface area (Å²) in [5.74, 6) is -0.343. The van der Waals surface area contributed by atoms with Crippen LogP contribution in [0.2, 0.25) is 0 Å². The molecule has 0 aromatic heterocycles. The SMILES string of the molecule is CC(/C=N/NC(=O)c1ccc([N+](=O)[O-])cc1)c1ccccc1. The van der Waals surface area contributed by atoms with Gasteiger partial charge >= 0.3 is 0 Å². The maximum Gasteiger partial charge on any atom is 0.271 e. The molecule has 2 aromatic rings. The number of hydrogen-bond acceptors (Lipinski definition) is 4. The first kappa shape index (κ1) is 15.4. The molecule has 0 aliphatic heterocycles. The molecule has 2 rings (SSSR count). The lowest BCUT2D eigenvalue weighted by Gasteiger charge is -2.05. The Labute approximate surface area is 127 Å². The van der Waals surface area contributed by atoms with Crippen LogP contribution in [-0.2, 0) is 0 Å². The molecule has 0 bridgehead atoms. The van der Waals surface area contributed by atoms with Crippen LogP contribution in [0.3, 0.4) is 0 Å². The zero-order valence-corrected chi connectivity index (χ0v) is 12.0. The van der Waals surface area contributed by atoms with Crippen molar-refractivity contribution >= 4 is 17.8 Å². The second-order valence-corrected chi connectivity index (χ2v) is 4.72. The molecule has 0 aliphatic rings. The highest BCUT2D eigenvalue weighted by atomic mass is 16.6. The maximum atomic E-state index is 11.8. The summed E-state index contributed by atoms with van der Waals surface area (Å²) in [7, 11) is 0. The molecule has 1 unspecified atom stereocenters. The third-order valence-electron chi connectivity index (χ3n) is 3.13. The van der Waals surface area contributed by atoms with E-state index in [1.807, 2.05) is 37.3 Å². The van der Waals surface area contributed by atoms with Gasteiger partial charge in [-0.3, -0.25) is 14.9 Å². The lowest BCUT2D eigenvalue weighted by atomic mass is 10.0. The number of carbonyl (C=O) groups excluding carboxylic acids is 1. The molecule has 6 heteroatoms. The Morgan fingerprint density at radius 2 is 1.82 bits per heavy atom. The van der Waals surface area contributed by atoms with Crippen LogP contribution in [0.4, 0.5) is 5.69 Å². The summed E-state index contributed by atoms with van der Waals surface area (Å²) in [4.78, 5) is 21.9. The van der Waals surface area contributed by atoms with Gasteiger partial charge in [0.1, 0.15) is 0 Å². The van der Waals surface area contributed by atoms with Gasteiger partial charge < -0.3 is 0 Å². The second-order valence-electron chi connectivity index (χ2n) is 4.72. The van der Waals surface area contributed by atoms with Crippen molar-refractivity contribution in [2.24, 2.45) is 5.10 Å². The van der Waals surface area contributed by atoms with Crippen LogP contribution in [0.15, 0.2) is 59.7 Å². The number of hydrogen-bond donors (Lipinski definition) is 1. The number of nitrogens with one attached hydrogen (secondary N) is 1. The van der Waals surface area contributed by atoms with E-state index in [0.29, 0.717) is 5.56 Å². The highest BCUT2D eigenvalue weighted by molar-refractivity contribution is 5.94. The van der Waals surface area contributed by atoms with E-state index in [2.05, 4.69) is 10.5 Å². The molecule has 1 amide bonds. The molecule has 22 heavy (non-hydrogen) atoms. The largest absolute Gasteiger partial charge is 0.271 e. The van der Waals surface area contributed by atoms with Crippen LogP contribution in [0, 0.1) is 10.1 Å². The molecule has 0 aliphatic carbocycles. The Hall–Kier alpha value is -3.02. The number of rotatable bonds is 5. The average molecular weight is 297 g/mol. The Bertz CT molecular complexity index is 682. The second kappa shape index (κ2) is 7.12. The van der Waals surface area contributed by atoms with E-state index in [9.17, 15) is 14.9 Å². The number of nitro groups is 1. The molecule has 0 spiro atoms. The van der Waals surface area contributed by atoms with Crippen molar-refractivity contribution in [2.45, 2.75) is 12.8 Å². The van der Waals surface area contributed by atoms with Gasteiger partial charge in [0.05, 0.1) is 4.92 Å². The van der Waals surface area contributed by atoms with E-state index in [1.54, 1.807) is 6.21 Å². The fraction of sp³-hybridized carbons (Fsp3) is 0.125. The summed E-state index contributed by atoms with van der Waals surface area (Å²) in [6.07, 6.45) is 1.64. The number of nitrogens with zero attached hydrogens (tertiary/aromatic N) is 2. The van der Waals surface area contributed by atoms with Crippen LogP contribution in [0.5, 0.6) is 0 Å². The van der Waals surface area contributed by atoms with Gasteiger partial charge in [0.2, 0.25) is 0 Å². The van der Waals surface area contributed by atoms with Crippen molar-refractivity contribution in [3.05, 3.63) is 75.8 Å². The minimum Gasteiger partial charge on any atom is -0.267 e. The smallest absolute Gasteiger partial charge is 0.267 e. The number of hydrazone groups is 1. The van der Waals surface area contributed by atoms with Crippen LogP contribution in [0.1, 0.15) is 28.8 Å². The third kappa shape index (κ3) is 3.99. The van der Waals surface area contributed by atoms with Crippen LogP contribution in [0.25, 0.3) is 0 Å². The summed E-state index contributed by atoms with van der Waals surface area (Å²) in [6, 6.07) is 15.1. The number of amides is 1. The minimum absolute atomic E-state index is 0.0576. The van der Waals surface area contributed by atoms with E-state index in [-0.39, 0.29) is 11.6 Å². The van der Waals surface area contributed by atoms with Gasteiger partial charge in [-0.25, -0.2) is 5.43 Å². The quantitative estimate of drug-likeness (QED) is 0.522. The van der Waals surface area contributed by atoms with Gasteiger partial charge in [0.25, 0.3) is 11.6 Å². The summed E-state index contributed by atoms with van der Waals surface area (Å²) in [5.41, 5.74) is 3.76. The molecule has 112 valence electrons. The predicted molar refractivity (Wildman–Crippen MR) is 83.9 cm³/mol. The molecule has 0 heterocycles. The Morgan fingerprint density at radius 1 is 1.18 bits per heavy atom. The number of non-ortho nitro benzene ring substituents is 1. The Morgan fingerprint density at radius 3 is 2.41 bits per heavy atom. The molecule has 1 N–H and O–H groups in total. The van der Waals surface area contributed by atoms with Crippen molar-refractivity contribution in [1.29, 1.82) is 0 Å². The maximum absolute atomic E-state index is 11.8. The van der Waals surface area contributed by atoms with Crippen LogP contribution >= 0.6 is 0 Å². The standard InChI is InChI=1S/C16H15N3O3/c1-12(13-5-3-2-4-6-13)11-17-18-16(20)14-7-9-15(10-8-14)19(21)22/h2-12H,1H3,(H,18,20)/b17-11+. The first-order chi connectivity index (χ1) is 10.6. The molecular formula is C16H15N3O3. The van der Waals surface area contributed by atoms with E-state index < -0.39 is 10.8 Å². The summed E-state index contributed by atoms with van der Waals surface area (Å²) in [5, 5.41) is 14.5. The van der Waals surface area contributed by atoms with Crippen molar-refractivity contribution in [2.75, 3.05) is 0 Å². The monoisotopic (exact) mass is 297 g/mol. The summed E-state index contributed by atoms with van der Waals surface area (Å²) >= 11 is 0. The lowest BCUT2D eigenvalue weighted by Crippen LogP contribution is -2.18. The van der Waals surface area contributed by atoms with E-state index >= 15 is 0 Å². The van der Waals surface area contributed by atoms with E-state index in [4.69, 9.17) is 0 Å². The molecular weight excluding hydrogens is 282 g/mol. The van der Waals surface area contributed by atoms with Crippen LogP contribution < -0.4 is 5.43 Å². The Kier molecular flexibility index (Phi) is 4.98. The van der Waals surface area contributed by atoms with E-state index in [0.717, 1.165) is 5.56 Å². The van der Waals surface area contributed by atoms with Gasteiger partial charge in [0, 0.05) is 29.8 Å². The fourth-order valence-corrected chi connectivity index (χ4v) is 1.85.